The van der Waals surface area contributed by atoms with Gasteiger partial charge in [0.2, 0.25) is 5.75 Å². The zero-order valence-corrected chi connectivity index (χ0v) is 10.3. The van der Waals surface area contributed by atoms with Gasteiger partial charge in [0, 0.05) is 12.1 Å². The van der Waals surface area contributed by atoms with Crippen molar-refractivity contribution in [1.82, 2.24) is 0 Å². The number of ether oxygens (including phenoxy) is 1. The first kappa shape index (κ1) is 14.1. The average Bonchev–Trinajstić information content (AvgIpc) is 2.39. The third-order valence-corrected chi connectivity index (χ3v) is 2.53. The number of phenols is 6. The van der Waals surface area contributed by atoms with Crippen molar-refractivity contribution in [2.75, 3.05) is 0 Å². The lowest BCUT2D eigenvalue weighted by Crippen LogP contribution is -2.08. The van der Waals surface area contributed by atoms with Crippen LogP contribution in [0.2, 0.25) is 0 Å². The molecule has 0 heterocycles. The van der Waals surface area contributed by atoms with E-state index in [1.165, 1.54) is 0 Å². The van der Waals surface area contributed by atoms with Gasteiger partial charge in [0.05, 0.1) is 5.56 Å². The van der Waals surface area contributed by atoms with Gasteiger partial charge in [-0.2, -0.15) is 0 Å². The number of carbonyl (C=O) groups excluding carboxylic acids is 1. The minimum absolute atomic E-state index is 0.338. The Balaban J connectivity index is 2.35. The largest absolute Gasteiger partial charge is 0.508 e. The Morgan fingerprint density at radius 1 is 0.762 bits per heavy atom. The second kappa shape index (κ2) is 5.00. The molecular formula is C13H10O8. The summed E-state index contributed by atoms with van der Waals surface area (Å²) in [5.41, 5.74) is -0.338. The van der Waals surface area contributed by atoms with Crippen molar-refractivity contribution in [3.63, 3.8) is 0 Å². The quantitative estimate of drug-likeness (QED) is 0.274. The lowest BCUT2D eigenvalue weighted by atomic mass is 10.2. The number of esters is 1. The minimum Gasteiger partial charge on any atom is -0.508 e. The van der Waals surface area contributed by atoms with Gasteiger partial charge in [-0.05, 0) is 12.1 Å². The smallest absolute Gasteiger partial charge is 0.344 e. The molecule has 0 saturated heterocycles. The van der Waals surface area contributed by atoms with Gasteiger partial charge in [0.15, 0.2) is 28.7 Å². The maximum atomic E-state index is 11.8. The van der Waals surface area contributed by atoms with Crippen molar-refractivity contribution in [1.29, 1.82) is 0 Å². The van der Waals surface area contributed by atoms with E-state index < -0.39 is 46.2 Å². The molecule has 8 heteroatoms. The maximum absolute atomic E-state index is 11.8. The van der Waals surface area contributed by atoms with Crippen molar-refractivity contribution in [3.05, 3.63) is 29.8 Å². The molecule has 0 bridgehead atoms. The predicted molar refractivity (Wildman–Crippen MR) is 67.8 cm³/mol. The number of hydrogen-bond acceptors (Lipinski definition) is 8. The van der Waals surface area contributed by atoms with E-state index in [2.05, 4.69) is 0 Å². The predicted octanol–water partition coefficient (Wildman–Crippen LogP) is 1.14. The highest BCUT2D eigenvalue weighted by Crippen LogP contribution is 2.40. The SMILES string of the molecule is O=C(Oc1c(O)cc(O)cc1O)c1cc(O)c(O)c(O)c1. The van der Waals surface area contributed by atoms with Crippen molar-refractivity contribution in [3.8, 4) is 40.2 Å². The summed E-state index contributed by atoms with van der Waals surface area (Å²) < 4.78 is 4.71. The third kappa shape index (κ3) is 2.68. The fourth-order valence-electron chi connectivity index (χ4n) is 1.56. The maximum Gasteiger partial charge on any atom is 0.344 e. The van der Waals surface area contributed by atoms with Crippen LogP contribution in [-0.4, -0.2) is 36.6 Å². The van der Waals surface area contributed by atoms with Gasteiger partial charge in [-0.3, -0.25) is 0 Å². The van der Waals surface area contributed by atoms with E-state index >= 15 is 0 Å². The summed E-state index contributed by atoms with van der Waals surface area (Å²) in [5.74, 6) is -5.85. The molecule has 6 N–H and O–H groups in total. The van der Waals surface area contributed by atoms with Crippen LogP contribution >= 0.6 is 0 Å². The monoisotopic (exact) mass is 294 g/mol. The molecule has 0 aromatic heterocycles. The summed E-state index contributed by atoms with van der Waals surface area (Å²) in [4.78, 5) is 11.8. The van der Waals surface area contributed by atoms with Gasteiger partial charge in [-0.25, -0.2) is 4.79 Å². The van der Waals surface area contributed by atoms with Crippen LogP contribution in [0.3, 0.4) is 0 Å². The normalized spacial score (nSPS) is 10.3. The molecule has 0 fully saturated rings. The second-order valence-electron chi connectivity index (χ2n) is 4.07. The topological polar surface area (TPSA) is 148 Å². The Hall–Kier alpha value is -3.29. The molecule has 2 rings (SSSR count). The van der Waals surface area contributed by atoms with Gasteiger partial charge in [0.25, 0.3) is 0 Å². The molecular weight excluding hydrogens is 284 g/mol. The van der Waals surface area contributed by atoms with Crippen LogP contribution in [0.5, 0.6) is 40.2 Å². The number of benzene rings is 2. The Morgan fingerprint density at radius 2 is 1.24 bits per heavy atom. The van der Waals surface area contributed by atoms with Gasteiger partial charge >= 0.3 is 5.97 Å². The molecule has 0 aliphatic heterocycles. The molecule has 0 radical (unpaired) electrons. The summed E-state index contributed by atoms with van der Waals surface area (Å²) in [5, 5.41) is 55.8. The average molecular weight is 294 g/mol. The van der Waals surface area contributed by atoms with Crippen molar-refractivity contribution in [2.45, 2.75) is 0 Å². The van der Waals surface area contributed by atoms with E-state index in [0.29, 0.717) is 0 Å². The Bertz CT molecular complexity index is 676. The molecule has 2 aromatic rings. The molecule has 0 aliphatic rings. The first-order chi connectivity index (χ1) is 9.79. The first-order valence-corrected chi connectivity index (χ1v) is 5.51. The summed E-state index contributed by atoms with van der Waals surface area (Å²) in [6.07, 6.45) is 0. The van der Waals surface area contributed by atoms with Crippen LogP contribution in [0.1, 0.15) is 10.4 Å². The van der Waals surface area contributed by atoms with Gasteiger partial charge in [-0.1, -0.05) is 0 Å². The third-order valence-electron chi connectivity index (χ3n) is 2.53. The van der Waals surface area contributed by atoms with E-state index in [-0.39, 0.29) is 5.56 Å². The van der Waals surface area contributed by atoms with Crippen molar-refractivity contribution < 1.29 is 40.2 Å². The minimum atomic E-state index is -1.13. The summed E-state index contributed by atoms with van der Waals surface area (Å²) >= 11 is 0. The fourth-order valence-corrected chi connectivity index (χ4v) is 1.56. The van der Waals surface area contributed by atoms with E-state index in [1.807, 2.05) is 0 Å². The summed E-state index contributed by atoms with van der Waals surface area (Å²) in [7, 11) is 0. The summed E-state index contributed by atoms with van der Waals surface area (Å²) in [6, 6.07) is 3.33. The fraction of sp³-hybridized carbons (Fsp3) is 0. The van der Waals surface area contributed by atoms with Gasteiger partial charge < -0.3 is 35.4 Å². The van der Waals surface area contributed by atoms with E-state index in [0.717, 1.165) is 24.3 Å². The van der Waals surface area contributed by atoms with E-state index in [4.69, 9.17) is 14.9 Å². The Kier molecular flexibility index (Phi) is 3.37. The highest BCUT2D eigenvalue weighted by molar-refractivity contribution is 5.93. The lowest BCUT2D eigenvalue weighted by Gasteiger charge is -2.09. The second-order valence-corrected chi connectivity index (χ2v) is 4.07. The number of aromatic hydroxyl groups is 6. The molecule has 110 valence electrons. The van der Waals surface area contributed by atoms with Crippen molar-refractivity contribution >= 4 is 5.97 Å². The van der Waals surface area contributed by atoms with Gasteiger partial charge in [0.1, 0.15) is 5.75 Å². The molecule has 0 saturated carbocycles. The highest BCUT2D eigenvalue weighted by Gasteiger charge is 2.19. The van der Waals surface area contributed by atoms with E-state index in [1.54, 1.807) is 0 Å². The van der Waals surface area contributed by atoms with Crippen LogP contribution < -0.4 is 4.74 Å². The van der Waals surface area contributed by atoms with Crippen LogP contribution in [-0.2, 0) is 0 Å². The molecule has 0 amide bonds. The molecule has 0 atom stereocenters. The van der Waals surface area contributed by atoms with Crippen molar-refractivity contribution in [2.24, 2.45) is 0 Å². The van der Waals surface area contributed by atoms with E-state index in [9.17, 15) is 25.2 Å². The molecule has 0 unspecified atom stereocenters. The highest BCUT2D eigenvalue weighted by atomic mass is 16.5. The number of rotatable bonds is 2. The molecule has 2 aromatic carbocycles. The molecule has 8 nitrogen and oxygen atoms in total. The van der Waals surface area contributed by atoms with Crippen LogP contribution in [0.25, 0.3) is 0 Å². The van der Waals surface area contributed by atoms with Crippen LogP contribution in [0, 0.1) is 0 Å². The molecule has 0 aliphatic carbocycles. The Labute approximate surface area is 117 Å². The molecule has 0 spiro atoms. The molecule has 21 heavy (non-hydrogen) atoms. The standard InChI is InChI=1S/C13H10O8/c14-6-3-9(17)12(10(18)4-6)21-13(20)5-1-7(15)11(19)8(16)2-5/h1-4,14-19H. The first-order valence-electron chi connectivity index (χ1n) is 5.51. The number of phenolic OH excluding ortho intramolecular Hbond substituents is 6. The number of hydrogen-bond donors (Lipinski definition) is 6. The van der Waals surface area contributed by atoms with Gasteiger partial charge in [-0.15, -0.1) is 0 Å². The van der Waals surface area contributed by atoms with Crippen LogP contribution in [0.15, 0.2) is 24.3 Å². The zero-order valence-electron chi connectivity index (χ0n) is 10.3. The zero-order chi connectivity index (χ0) is 15.7. The lowest BCUT2D eigenvalue weighted by molar-refractivity contribution is 0.0723. The number of carbonyl (C=O) groups is 1. The Morgan fingerprint density at radius 3 is 1.71 bits per heavy atom. The van der Waals surface area contributed by atoms with Crippen LogP contribution in [0.4, 0.5) is 0 Å². The summed E-state index contributed by atoms with van der Waals surface area (Å²) in [6.45, 7) is 0.